The summed E-state index contributed by atoms with van der Waals surface area (Å²) in [6.45, 7) is 1.89. The number of benzene rings is 1. The zero-order valence-electron chi connectivity index (χ0n) is 10.2. The average molecular weight is 326 g/mol. The Hall–Kier alpha value is -1.27. The molecule has 0 amide bonds. The number of halogens is 2. The topological polar surface area (TPSA) is 51.0 Å². The molecule has 6 heteroatoms. The lowest BCUT2D eigenvalue weighted by molar-refractivity contribution is 0.322. The molecule has 0 unspecified atom stereocenters. The van der Waals surface area contributed by atoms with Gasteiger partial charge in [-0.3, -0.25) is 0 Å². The number of rotatable bonds is 2. The van der Waals surface area contributed by atoms with Gasteiger partial charge in [0.25, 0.3) is 0 Å². The zero-order valence-corrected chi connectivity index (χ0v) is 11.8. The summed E-state index contributed by atoms with van der Waals surface area (Å²) in [5, 5.41) is 7.25. The summed E-state index contributed by atoms with van der Waals surface area (Å²) >= 11 is 3.26. The Morgan fingerprint density at radius 3 is 3.00 bits per heavy atom. The van der Waals surface area contributed by atoms with Crippen molar-refractivity contribution in [3.63, 3.8) is 0 Å². The van der Waals surface area contributed by atoms with Crippen molar-refractivity contribution in [1.29, 1.82) is 0 Å². The lowest BCUT2D eigenvalue weighted by atomic mass is 10.00. The van der Waals surface area contributed by atoms with Crippen molar-refractivity contribution in [3.05, 3.63) is 34.4 Å². The number of hydrogen-bond acceptors (Lipinski definition) is 4. The van der Waals surface area contributed by atoms with Crippen molar-refractivity contribution < 1.29 is 8.91 Å². The maximum absolute atomic E-state index is 13.3. The number of piperidine rings is 1. The van der Waals surface area contributed by atoms with Crippen LogP contribution >= 0.6 is 15.9 Å². The molecule has 1 aromatic carbocycles. The van der Waals surface area contributed by atoms with Gasteiger partial charge < -0.3 is 9.84 Å². The Bertz CT molecular complexity index is 561. The normalized spacial score (nSPS) is 19.6. The minimum atomic E-state index is -0.324. The number of nitrogens with one attached hydrogen (secondary N) is 1. The molecular weight excluding hydrogens is 313 g/mol. The van der Waals surface area contributed by atoms with Crippen LogP contribution in [0.4, 0.5) is 4.39 Å². The van der Waals surface area contributed by atoms with Crippen LogP contribution in [-0.4, -0.2) is 23.2 Å². The van der Waals surface area contributed by atoms with E-state index in [4.69, 9.17) is 4.52 Å². The van der Waals surface area contributed by atoms with Gasteiger partial charge in [-0.15, -0.1) is 0 Å². The maximum Gasteiger partial charge on any atom is 0.231 e. The van der Waals surface area contributed by atoms with Gasteiger partial charge in [0.05, 0.1) is 5.92 Å². The Morgan fingerprint density at radius 1 is 1.37 bits per heavy atom. The van der Waals surface area contributed by atoms with E-state index in [2.05, 4.69) is 31.4 Å². The fourth-order valence-corrected chi connectivity index (χ4v) is 2.73. The molecule has 1 N–H and O–H groups in total. The summed E-state index contributed by atoms with van der Waals surface area (Å²) in [6.07, 6.45) is 2.15. The van der Waals surface area contributed by atoms with Crippen LogP contribution in [0.2, 0.25) is 0 Å². The molecule has 4 nitrogen and oxygen atoms in total. The second-order valence-electron chi connectivity index (χ2n) is 4.66. The molecule has 1 aliphatic heterocycles. The van der Waals surface area contributed by atoms with Gasteiger partial charge in [0.2, 0.25) is 11.7 Å². The minimum absolute atomic E-state index is 0.256. The number of aromatic nitrogens is 2. The average Bonchev–Trinajstić information content (AvgIpc) is 2.88. The van der Waals surface area contributed by atoms with E-state index < -0.39 is 0 Å². The summed E-state index contributed by atoms with van der Waals surface area (Å²) in [5.41, 5.74) is 0.616. The molecule has 1 atom stereocenters. The van der Waals surface area contributed by atoms with Crippen LogP contribution in [0, 0.1) is 5.82 Å². The molecule has 1 aromatic heterocycles. The molecule has 2 heterocycles. The minimum Gasteiger partial charge on any atom is -0.339 e. The highest BCUT2D eigenvalue weighted by molar-refractivity contribution is 9.10. The van der Waals surface area contributed by atoms with E-state index in [9.17, 15) is 4.39 Å². The number of nitrogens with zero attached hydrogens (tertiary/aromatic N) is 2. The molecule has 0 radical (unpaired) electrons. The Kier molecular flexibility index (Phi) is 3.61. The van der Waals surface area contributed by atoms with Gasteiger partial charge in [-0.1, -0.05) is 21.1 Å². The van der Waals surface area contributed by atoms with E-state index >= 15 is 0 Å². The molecule has 0 aliphatic carbocycles. The van der Waals surface area contributed by atoms with E-state index in [0.717, 1.165) is 25.9 Å². The Balaban J connectivity index is 1.87. The smallest absolute Gasteiger partial charge is 0.231 e. The fraction of sp³-hybridized carbons (Fsp3) is 0.385. The first-order chi connectivity index (χ1) is 9.22. The quantitative estimate of drug-likeness (QED) is 0.921. The SMILES string of the molecule is Fc1cc(Br)cc(-c2noc([C@H]3CCCNC3)n2)c1. The first kappa shape index (κ1) is 12.7. The molecule has 0 spiro atoms. The fourth-order valence-electron chi connectivity index (χ4n) is 2.26. The molecule has 0 saturated carbocycles. The van der Waals surface area contributed by atoms with Crippen molar-refractivity contribution in [2.45, 2.75) is 18.8 Å². The first-order valence-electron chi connectivity index (χ1n) is 6.23. The van der Waals surface area contributed by atoms with Crippen molar-refractivity contribution in [3.8, 4) is 11.4 Å². The monoisotopic (exact) mass is 325 g/mol. The third-order valence-electron chi connectivity index (χ3n) is 3.21. The largest absolute Gasteiger partial charge is 0.339 e. The van der Waals surface area contributed by atoms with Crippen molar-refractivity contribution in [2.24, 2.45) is 0 Å². The standard InChI is InChI=1S/C13H13BrFN3O/c14-10-4-9(5-11(15)6-10)12-17-13(19-18-12)8-2-1-3-16-7-8/h4-6,8,16H,1-3,7H2/t8-/m0/s1. The molecular formula is C13H13BrFN3O. The third-order valence-corrected chi connectivity index (χ3v) is 3.67. The molecule has 0 bridgehead atoms. The van der Waals surface area contributed by atoms with Crippen LogP contribution in [0.15, 0.2) is 27.2 Å². The second kappa shape index (κ2) is 5.38. The first-order valence-corrected chi connectivity index (χ1v) is 7.02. The molecule has 19 heavy (non-hydrogen) atoms. The van der Waals surface area contributed by atoms with Crippen LogP contribution in [0.25, 0.3) is 11.4 Å². The summed E-state index contributed by atoms with van der Waals surface area (Å²) < 4.78 is 19.3. The lowest BCUT2D eigenvalue weighted by Gasteiger charge is -2.18. The molecule has 2 aromatic rings. The third kappa shape index (κ3) is 2.84. The van der Waals surface area contributed by atoms with Gasteiger partial charge in [0.1, 0.15) is 5.82 Å². The van der Waals surface area contributed by atoms with Gasteiger partial charge in [-0.05, 0) is 37.6 Å². The van der Waals surface area contributed by atoms with Crippen LogP contribution in [0.3, 0.4) is 0 Å². The predicted molar refractivity (Wildman–Crippen MR) is 72.2 cm³/mol. The summed E-state index contributed by atoms with van der Waals surface area (Å²) in [5.74, 6) is 0.991. The highest BCUT2D eigenvalue weighted by Gasteiger charge is 2.21. The van der Waals surface area contributed by atoms with E-state index in [0.29, 0.717) is 21.8 Å². The Labute approximate surface area is 118 Å². The van der Waals surface area contributed by atoms with Crippen LogP contribution in [0.1, 0.15) is 24.7 Å². The molecule has 1 saturated heterocycles. The van der Waals surface area contributed by atoms with E-state index in [1.165, 1.54) is 12.1 Å². The van der Waals surface area contributed by atoms with Crippen molar-refractivity contribution in [2.75, 3.05) is 13.1 Å². The highest BCUT2D eigenvalue weighted by Crippen LogP contribution is 2.26. The molecule has 100 valence electrons. The summed E-state index contributed by atoms with van der Waals surface area (Å²) in [6, 6.07) is 4.57. The van der Waals surface area contributed by atoms with Gasteiger partial charge in [-0.2, -0.15) is 4.98 Å². The van der Waals surface area contributed by atoms with Crippen molar-refractivity contribution >= 4 is 15.9 Å². The van der Waals surface area contributed by atoms with Crippen LogP contribution in [0.5, 0.6) is 0 Å². The van der Waals surface area contributed by atoms with Gasteiger partial charge in [0.15, 0.2) is 0 Å². The summed E-state index contributed by atoms with van der Waals surface area (Å²) in [7, 11) is 0. The summed E-state index contributed by atoms with van der Waals surface area (Å²) in [4.78, 5) is 4.38. The van der Waals surface area contributed by atoms with Crippen LogP contribution < -0.4 is 5.32 Å². The van der Waals surface area contributed by atoms with Gasteiger partial charge in [0, 0.05) is 16.6 Å². The lowest BCUT2D eigenvalue weighted by Crippen LogP contribution is -2.28. The molecule has 1 aliphatic rings. The zero-order chi connectivity index (χ0) is 13.2. The van der Waals surface area contributed by atoms with E-state index in [-0.39, 0.29) is 11.7 Å². The van der Waals surface area contributed by atoms with Crippen molar-refractivity contribution in [1.82, 2.24) is 15.5 Å². The molecule has 3 rings (SSSR count). The van der Waals surface area contributed by atoms with E-state index in [1.807, 2.05) is 0 Å². The highest BCUT2D eigenvalue weighted by atomic mass is 79.9. The van der Waals surface area contributed by atoms with Gasteiger partial charge in [-0.25, -0.2) is 4.39 Å². The number of hydrogen-bond donors (Lipinski definition) is 1. The predicted octanol–water partition coefficient (Wildman–Crippen LogP) is 3.11. The second-order valence-corrected chi connectivity index (χ2v) is 5.57. The van der Waals surface area contributed by atoms with Crippen LogP contribution in [-0.2, 0) is 0 Å². The van der Waals surface area contributed by atoms with E-state index in [1.54, 1.807) is 6.07 Å². The van der Waals surface area contributed by atoms with Gasteiger partial charge >= 0.3 is 0 Å². The molecule has 1 fully saturated rings. The maximum atomic E-state index is 13.3. The Morgan fingerprint density at radius 2 is 2.26 bits per heavy atom.